The summed E-state index contributed by atoms with van der Waals surface area (Å²) in [5.41, 5.74) is 1.01. The lowest BCUT2D eigenvalue weighted by atomic mass is 9.98. The van der Waals surface area contributed by atoms with E-state index in [-0.39, 0.29) is 5.76 Å². The van der Waals surface area contributed by atoms with Gasteiger partial charge in [0, 0.05) is 0 Å². The van der Waals surface area contributed by atoms with Crippen molar-refractivity contribution >= 4 is 5.97 Å². The van der Waals surface area contributed by atoms with E-state index in [1.807, 2.05) is 30.3 Å². The van der Waals surface area contributed by atoms with E-state index >= 15 is 0 Å². The van der Waals surface area contributed by atoms with Crippen LogP contribution in [0, 0.1) is 11.3 Å². The molecule has 0 radical (unpaired) electrons. The molecule has 0 amide bonds. The minimum Gasteiger partial charge on any atom is -0.475 e. The summed E-state index contributed by atoms with van der Waals surface area (Å²) >= 11 is 0. The molecule has 4 nitrogen and oxygen atoms in total. The molecule has 90 valence electrons. The maximum absolute atomic E-state index is 10.7. The van der Waals surface area contributed by atoms with Gasteiger partial charge in [-0.3, -0.25) is 0 Å². The first kappa shape index (κ1) is 11.9. The van der Waals surface area contributed by atoms with Gasteiger partial charge in [-0.2, -0.15) is 5.26 Å². The molecule has 1 heterocycles. The van der Waals surface area contributed by atoms with Crippen LogP contribution >= 0.6 is 0 Å². The van der Waals surface area contributed by atoms with E-state index in [2.05, 4.69) is 6.07 Å². The SMILES string of the molecule is N#CC(Cc1ccccc1)c1ccc(C(=O)O)o1. The molecule has 0 spiro atoms. The number of carboxylic acids is 1. The van der Waals surface area contributed by atoms with Gasteiger partial charge in [0.2, 0.25) is 5.76 Å². The molecule has 1 aromatic carbocycles. The van der Waals surface area contributed by atoms with E-state index in [9.17, 15) is 4.79 Å². The number of aromatic carboxylic acids is 1. The first-order chi connectivity index (χ1) is 8.70. The molecular weight excluding hydrogens is 230 g/mol. The van der Waals surface area contributed by atoms with Gasteiger partial charge < -0.3 is 9.52 Å². The fraction of sp³-hybridized carbons (Fsp3) is 0.143. The van der Waals surface area contributed by atoms with Crippen LogP contribution in [0.5, 0.6) is 0 Å². The Balaban J connectivity index is 2.18. The van der Waals surface area contributed by atoms with Crippen LogP contribution in [0.3, 0.4) is 0 Å². The molecule has 0 aliphatic carbocycles. The largest absolute Gasteiger partial charge is 0.475 e. The fourth-order valence-electron chi connectivity index (χ4n) is 1.71. The predicted molar refractivity (Wildman–Crippen MR) is 64.2 cm³/mol. The van der Waals surface area contributed by atoms with Crippen molar-refractivity contribution in [1.29, 1.82) is 5.26 Å². The highest BCUT2D eigenvalue weighted by molar-refractivity contribution is 5.84. The van der Waals surface area contributed by atoms with Crippen molar-refractivity contribution in [2.75, 3.05) is 0 Å². The highest BCUT2D eigenvalue weighted by Gasteiger charge is 2.18. The summed E-state index contributed by atoms with van der Waals surface area (Å²) in [5.74, 6) is -1.35. The maximum Gasteiger partial charge on any atom is 0.371 e. The van der Waals surface area contributed by atoms with E-state index in [0.717, 1.165) is 5.56 Å². The molecule has 18 heavy (non-hydrogen) atoms. The van der Waals surface area contributed by atoms with Crippen LogP contribution in [0.25, 0.3) is 0 Å². The molecule has 0 fully saturated rings. The van der Waals surface area contributed by atoms with E-state index in [0.29, 0.717) is 12.2 Å². The monoisotopic (exact) mass is 241 g/mol. The van der Waals surface area contributed by atoms with Crippen molar-refractivity contribution in [3.05, 3.63) is 59.5 Å². The highest BCUT2D eigenvalue weighted by Crippen LogP contribution is 2.22. The first-order valence-electron chi connectivity index (χ1n) is 5.47. The minimum atomic E-state index is -1.13. The van der Waals surface area contributed by atoms with Crippen LogP contribution in [0.4, 0.5) is 0 Å². The van der Waals surface area contributed by atoms with Crippen molar-refractivity contribution in [2.24, 2.45) is 0 Å². The molecule has 0 aliphatic heterocycles. The van der Waals surface area contributed by atoms with Crippen molar-refractivity contribution in [3.63, 3.8) is 0 Å². The lowest BCUT2D eigenvalue weighted by Crippen LogP contribution is -1.99. The van der Waals surface area contributed by atoms with Gasteiger partial charge in [-0.1, -0.05) is 30.3 Å². The molecule has 2 aromatic rings. The third-order valence-corrected chi connectivity index (χ3v) is 2.62. The molecule has 0 saturated heterocycles. The minimum absolute atomic E-state index is 0.140. The van der Waals surface area contributed by atoms with Crippen molar-refractivity contribution < 1.29 is 14.3 Å². The van der Waals surface area contributed by atoms with Gasteiger partial charge in [0.25, 0.3) is 0 Å². The van der Waals surface area contributed by atoms with E-state index < -0.39 is 11.9 Å². The predicted octanol–water partition coefficient (Wildman–Crippen LogP) is 2.83. The number of nitriles is 1. The second kappa shape index (κ2) is 5.19. The van der Waals surface area contributed by atoms with Crippen LogP contribution in [-0.4, -0.2) is 11.1 Å². The normalized spacial score (nSPS) is 11.7. The van der Waals surface area contributed by atoms with Gasteiger partial charge >= 0.3 is 5.97 Å². The molecule has 1 atom stereocenters. The third-order valence-electron chi connectivity index (χ3n) is 2.62. The number of hydrogen-bond donors (Lipinski definition) is 1. The van der Waals surface area contributed by atoms with E-state index in [1.165, 1.54) is 6.07 Å². The van der Waals surface area contributed by atoms with Crippen LogP contribution in [-0.2, 0) is 6.42 Å². The standard InChI is InChI=1S/C14H11NO3/c15-9-11(8-10-4-2-1-3-5-10)12-6-7-13(18-12)14(16)17/h1-7,11H,8H2,(H,16,17). The Morgan fingerprint density at radius 1 is 1.28 bits per heavy atom. The maximum atomic E-state index is 10.7. The molecule has 0 bridgehead atoms. The lowest BCUT2D eigenvalue weighted by Gasteiger charge is -2.05. The number of nitrogens with zero attached hydrogens (tertiary/aromatic N) is 1. The average molecular weight is 241 g/mol. The molecule has 1 aromatic heterocycles. The molecule has 0 aliphatic rings. The fourth-order valence-corrected chi connectivity index (χ4v) is 1.71. The van der Waals surface area contributed by atoms with Gasteiger partial charge in [0.1, 0.15) is 11.7 Å². The number of carbonyl (C=O) groups is 1. The molecule has 0 saturated carbocycles. The Labute approximate surface area is 104 Å². The Bertz CT molecular complexity index is 581. The van der Waals surface area contributed by atoms with E-state index in [1.54, 1.807) is 6.07 Å². The summed E-state index contributed by atoms with van der Waals surface area (Å²) < 4.78 is 5.15. The molecule has 2 rings (SSSR count). The molecular formula is C14H11NO3. The molecule has 4 heteroatoms. The van der Waals surface area contributed by atoms with Crippen molar-refractivity contribution in [2.45, 2.75) is 12.3 Å². The summed E-state index contributed by atoms with van der Waals surface area (Å²) in [6.45, 7) is 0. The zero-order valence-corrected chi connectivity index (χ0v) is 9.54. The van der Waals surface area contributed by atoms with Gasteiger partial charge in [0.05, 0.1) is 6.07 Å². The summed E-state index contributed by atoms with van der Waals surface area (Å²) in [6, 6.07) is 14.6. The average Bonchev–Trinajstić information content (AvgIpc) is 2.87. The van der Waals surface area contributed by atoms with Gasteiger partial charge in [-0.05, 0) is 24.1 Å². The van der Waals surface area contributed by atoms with Crippen molar-refractivity contribution in [3.8, 4) is 6.07 Å². The summed E-state index contributed by atoms with van der Waals surface area (Å²) in [5, 5.41) is 17.9. The topological polar surface area (TPSA) is 74.2 Å². The number of furan rings is 1. The number of carboxylic acid groups (broad SMARTS) is 1. The van der Waals surface area contributed by atoms with Gasteiger partial charge in [-0.15, -0.1) is 0 Å². The zero-order chi connectivity index (χ0) is 13.0. The second-order valence-corrected chi connectivity index (χ2v) is 3.88. The molecule has 1 N–H and O–H groups in total. The van der Waals surface area contributed by atoms with Crippen LogP contribution in [0.15, 0.2) is 46.9 Å². The Hall–Kier alpha value is -2.54. The Kier molecular flexibility index (Phi) is 3.44. The lowest BCUT2D eigenvalue weighted by molar-refractivity contribution is 0.0660. The first-order valence-corrected chi connectivity index (χ1v) is 5.47. The Morgan fingerprint density at radius 2 is 2.00 bits per heavy atom. The van der Waals surface area contributed by atoms with Crippen molar-refractivity contribution in [1.82, 2.24) is 0 Å². The van der Waals surface area contributed by atoms with Crippen LogP contribution in [0.1, 0.15) is 27.8 Å². The molecule has 1 unspecified atom stereocenters. The Morgan fingerprint density at radius 3 is 2.56 bits per heavy atom. The number of hydrogen-bond acceptors (Lipinski definition) is 3. The van der Waals surface area contributed by atoms with Gasteiger partial charge in [-0.25, -0.2) is 4.79 Å². The summed E-state index contributed by atoms with van der Waals surface area (Å²) in [4.78, 5) is 10.7. The quantitative estimate of drug-likeness (QED) is 0.893. The van der Waals surface area contributed by atoms with Gasteiger partial charge in [0.15, 0.2) is 0 Å². The van der Waals surface area contributed by atoms with Crippen LogP contribution in [0.2, 0.25) is 0 Å². The smallest absolute Gasteiger partial charge is 0.371 e. The highest BCUT2D eigenvalue weighted by atomic mass is 16.4. The van der Waals surface area contributed by atoms with Crippen LogP contribution < -0.4 is 0 Å². The summed E-state index contributed by atoms with van der Waals surface area (Å²) in [6.07, 6.45) is 0.504. The van der Waals surface area contributed by atoms with E-state index in [4.69, 9.17) is 14.8 Å². The zero-order valence-electron chi connectivity index (χ0n) is 9.54. The number of benzene rings is 1. The number of rotatable bonds is 4. The third kappa shape index (κ3) is 2.58. The summed E-state index contributed by atoms with van der Waals surface area (Å²) in [7, 11) is 0. The second-order valence-electron chi connectivity index (χ2n) is 3.88.